The quantitative estimate of drug-likeness (QED) is 0.427. The summed E-state index contributed by atoms with van der Waals surface area (Å²) in [6.07, 6.45) is 5.77. The molecule has 11 heteroatoms. The first kappa shape index (κ1) is 28.7. The number of ether oxygens (including phenoxy) is 2. The van der Waals surface area contributed by atoms with Crippen molar-refractivity contribution in [3.63, 3.8) is 0 Å². The van der Waals surface area contributed by atoms with Crippen LogP contribution < -0.4 is 14.4 Å². The highest BCUT2D eigenvalue weighted by molar-refractivity contribution is 6.31. The first-order chi connectivity index (χ1) is 20.4. The summed E-state index contributed by atoms with van der Waals surface area (Å²) in [5, 5.41) is 10.3. The third-order valence-electron chi connectivity index (χ3n) is 8.99. The number of piperazine rings is 1. The Bertz CT molecular complexity index is 1400. The van der Waals surface area contributed by atoms with Gasteiger partial charge in [-0.2, -0.15) is 15.2 Å². The topological polar surface area (TPSA) is 98.1 Å². The van der Waals surface area contributed by atoms with Crippen LogP contribution in [0.3, 0.4) is 0 Å². The van der Waals surface area contributed by atoms with Crippen molar-refractivity contribution in [3.05, 3.63) is 52.2 Å². The van der Waals surface area contributed by atoms with E-state index in [0.717, 1.165) is 65.8 Å². The summed E-state index contributed by atoms with van der Waals surface area (Å²) in [5.41, 5.74) is 4.33. The van der Waals surface area contributed by atoms with Crippen LogP contribution in [0.4, 0.5) is 5.82 Å². The first-order valence-corrected chi connectivity index (χ1v) is 15.3. The van der Waals surface area contributed by atoms with Crippen LogP contribution in [0.15, 0.2) is 24.8 Å². The Morgan fingerprint density at radius 2 is 2.10 bits per heavy atom. The van der Waals surface area contributed by atoms with Crippen LogP contribution in [0.1, 0.15) is 48.1 Å². The van der Waals surface area contributed by atoms with Gasteiger partial charge in [-0.25, -0.2) is 0 Å². The summed E-state index contributed by atoms with van der Waals surface area (Å²) in [5.74, 6) is 1.61. The summed E-state index contributed by atoms with van der Waals surface area (Å²) in [7, 11) is 2.13. The van der Waals surface area contributed by atoms with Crippen molar-refractivity contribution < 1.29 is 14.3 Å². The maximum Gasteiger partial charge on any atom is 0.318 e. The molecule has 0 N–H and O–H groups in total. The van der Waals surface area contributed by atoms with Gasteiger partial charge in [-0.05, 0) is 63.0 Å². The highest BCUT2D eigenvalue weighted by atomic mass is 35.5. The summed E-state index contributed by atoms with van der Waals surface area (Å²) in [6.45, 7) is 9.62. The third kappa shape index (κ3) is 5.78. The van der Waals surface area contributed by atoms with E-state index >= 15 is 0 Å². The molecule has 1 aromatic carbocycles. The lowest BCUT2D eigenvalue weighted by atomic mass is 9.99. The summed E-state index contributed by atoms with van der Waals surface area (Å²) < 4.78 is 12.2. The highest BCUT2D eigenvalue weighted by Crippen LogP contribution is 2.37. The van der Waals surface area contributed by atoms with Gasteiger partial charge in [0.1, 0.15) is 18.2 Å². The number of aromatic nitrogens is 2. The zero-order chi connectivity index (χ0) is 29.2. The molecule has 2 atom stereocenters. The first-order valence-electron chi connectivity index (χ1n) is 14.9. The van der Waals surface area contributed by atoms with Crippen LogP contribution in [0, 0.1) is 11.3 Å². The lowest BCUT2D eigenvalue weighted by molar-refractivity contribution is -0.128. The number of rotatable bonds is 8. The van der Waals surface area contributed by atoms with Crippen molar-refractivity contribution in [2.45, 2.75) is 63.8 Å². The maximum absolute atomic E-state index is 12.5. The van der Waals surface area contributed by atoms with E-state index in [0.29, 0.717) is 57.9 Å². The number of anilines is 1. The molecule has 0 spiro atoms. The Balaban J connectivity index is 1.28. The molecular formula is C31H38ClN7O3. The molecule has 222 valence electrons. The lowest BCUT2D eigenvalue weighted by Gasteiger charge is -2.41. The number of amides is 1. The van der Waals surface area contributed by atoms with Gasteiger partial charge in [-0.3, -0.25) is 9.69 Å². The van der Waals surface area contributed by atoms with Gasteiger partial charge in [0.15, 0.2) is 0 Å². The van der Waals surface area contributed by atoms with Gasteiger partial charge in [-0.1, -0.05) is 18.2 Å². The fraction of sp³-hybridized carbons (Fsp3) is 0.548. The van der Waals surface area contributed by atoms with E-state index in [1.165, 1.54) is 18.1 Å². The molecule has 4 aliphatic rings. The Morgan fingerprint density at radius 3 is 2.88 bits per heavy atom. The van der Waals surface area contributed by atoms with Crippen LogP contribution in [0.25, 0.3) is 0 Å². The second kappa shape index (κ2) is 12.5. The molecule has 0 unspecified atom stereocenters. The number of carbonyl (C=O) groups is 1. The molecule has 1 amide bonds. The number of carbonyl (C=O) groups excluding carboxylic acids is 1. The molecule has 0 aliphatic carbocycles. The third-order valence-corrected chi connectivity index (χ3v) is 9.34. The summed E-state index contributed by atoms with van der Waals surface area (Å²) in [6, 6.07) is 6.65. The monoisotopic (exact) mass is 591 g/mol. The van der Waals surface area contributed by atoms with Crippen molar-refractivity contribution in [2.24, 2.45) is 0 Å². The van der Waals surface area contributed by atoms with E-state index in [1.54, 1.807) is 4.90 Å². The van der Waals surface area contributed by atoms with Gasteiger partial charge in [0, 0.05) is 61.5 Å². The zero-order valence-corrected chi connectivity index (χ0v) is 25.0. The number of benzene rings is 1. The van der Waals surface area contributed by atoms with Crippen molar-refractivity contribution in [1.29, 1.82) is 5.26 Å². The minimum atomic E-state index is -0.247. The van der Waals surface area contributed by atoms with Crippen molar-refractivity contribution in [3.8, 4) is 17.8 Å². The number of fused-ring (bicyclic) bond motifs is 2. The number of likely N-dealkylation sites (tertiary alicyclic amines) is 1. The fourth-order valence-electron chi connectivity index (χ4n) is 6.69. The smallest absolute Gasteiger partial charge is 0.318 e. The minimum Gasteiger partial charge on any atom is -0.493 e. The number of nitriles is 1. The van der Waals surface area contributed by atoms with E-state index in [2.05, 4.69) is 34.4 Å². The SMILES string of the molecule is C=CC(=O)N1CCN(c2nc(OC[C@@H]3CCCN3C)nc3c2CN(Cc2c(Cl)ccc4c2CCCO4)C3)C[C@@H]1CC#N. The highest BCUT2D eigenvalue weighted by Gasteiger charge is 2.35. The largest absolute Gasteiger partial charge is 0.493 e. The average molecular weight is 592 g/mol. The summed E-state index contributed by atoms with van der Waals surface area (Å²) in [4.78, 5) is 31.0. The summed E-state index contributed by atoms with van der Waals surface area (Å²) >= 11 is 6.73. The number of halogens is 1. The number of hydrogen-bond donors (Lipinski definition) is 0. The van der Waals surface area contributed by atoms with E-state index in [1.807, 2.05) is 12.1 Å². The second-order valence-electron chi connectivity index (χ2n) is 11.6. The number of likely N-dealkylation sites (N-methyl/N-ethyl adjacent to an activating group) is 1. The van der Waals surface area contributed by atoms with Crippen molar-refractivity contribution >= 4 is 23.3 Å². The van der Waals surface area contributed by atoms with Crippen molar-refractivity contribution in [1.82, 2.24) is 24.7 Å². The molecule has 1 aromatic heterocycles. The van der Waals surface area contributed by atoms with Crippen LogP contribution in [0.5, 0.6) is 11.8 Å². The minimum absolute atomic E-state index is 0.147. The lowest BCUT2D eigenvalue weighted by Crippen LogP contribution is -2.55. The molecule has 4 aliphatic heterocycles. The van der Waals surface area contributed by atoms with Gasteiger partial charge in [0.2, 0.25) is 5.91 Å². The van der Waals surface area contributed by atoms with Gasteiger partial charge in [0.25, 0.3) is 0 Å². The van der Waals surface area contributed by atoms with Gasteiger partial charge in [-0.15, -0.1) is 0 Å². The Labute approximate surface area is 252 Å². The van der Waals surface area contributed by atoms with Crippen LogP contribution in [0.2, 0.25) is 5.02 Å². The predicted octanol–water partition coefficient (Wildman–Crippen LogP) is 3.56. The maximum atomic E-state index is 12.5. The molecule has 0 radical (unpaired) electrons. The fourth-order valence-corrected chi connectivity index (χ4v) is 6.93. The van der Waals surface area contributed by atoms with E-state index < -0.39 is 0 Å². The van der Waals surface area contributed by atoms with Crippen LogP contribution in [-0.4, -0.2) is 89.1 Å². The molecular weight excluding hydrogens is 554 g/mol. The van der Waals surface area contributed by atoms with Crippen molar-refractivity contribution in [2.75, 3.05) is 51.3 Å². The predicted molar refractivity (Wildman–Crippen MR) is 160 cm³/mol. The van der Waals surface area contributed by atoms with E-state index in [9.17, 15) is 10.1 Å². The molecule has 6 rings (SSSR count). The van der Waals surface area contributed by atoms with E-state index in [4.69, 9.17) is 31.0 Å². The van der Waals surface area contributed by atoms with Crippen LogP contribution in [-0.2, 0) is 30.8 Å². The molecule has 2 aromatic rings. The molecule has 2 saturated heterocycles. The zero-order valence-electron chi connectivity index (χ0n) is 24.2. The van der Waals surface area contributed by atoms with Gasteiger partial charge >= 0.3 is 6.01 Å². The molecule has 42 heavy (non-hydrogen) atoms. The Hall–Kier alpha value is -3.39. The van der Waals surface area contributed by atoms with Gasteiger partial charge < -0.3 is 24.2 Å². The Kier molecular flexibility index (Phi) is 8.52. The molecule has 0 bridgehead atoms. The Morgan fingerprint density at radius 1 is 1.21 bits per heavy atom. The number of hydrogen-bond acceptors (Lipinski definition) is 9. The molecule has 5 heterocycles. The normalized spacial score (nSPS) is 22.3. The standard InChI is InChI=1S/C31H38ClN7O3/c1-3-29(40)39-14-13-38(16-21(39)10-11-33)30-25-18-37(17-24-23-7-5-15-41-28(23)9-8-26(24)32)19-27(25)34-31(35-30)42-20-22-6-4-12-36(22)2/h3,8-9,21-22H,1,4-7,10,12-20H2,2H3/t21-,22-/m0/s1. The molecule has 0 saturated carbocycles. The average Bonchev–Trinajstić information content (AvgIpc) is 3.61. The van der Waals surface area contributed by atoms with Crippen LogP contribution >= 0.6 is 11.6 Å². The second-order valence-corrected chi connectivity index (χ2v) is 12.0. The van der Waals surface area contributed by atoms with Gasteiger partial charge in [0.05, 0.1) is 30.8 Å². The van der Waals surface area contributed by atoms with E-state index in [-0.39, 0.29) is 18.4 Å². The number of nitrogens with zero attached hydrogens (tertiary/aromatic N) is 7. The molecule has 10 nitrogen and oxygen atoms in total. The molecule has 2 fully saturated rings.